The molecule has 0 atom stereocenters. The van der Waals surface area contributed by atoms with Crippen molar-refractivity contribution >= 4 is 5.82 Å². The van der Waals surface area contributed by atoms with E-state index < -0.39 is 0 Å². The third-order valence-corrected chi connectivity index (χ3v) is 2.73. The van der Waals surface area contributed by atoms with Crippen LogP contribution in [0.3, 0.4) is 0 Å². The highest BCUT2D eigenvalue weighted by atomic mass is 16.5. The lowest BCUT2D eigenvalue weighted by Crippen LogP contribution is -2.11. The maximum atomic E-state index is 5.54. The Kier molecular flexibility index (Phi) is 3.39. The molecule has 0 aliphatic carbocycles. The monoisotopic (exact) mass is 221 g/mol. The van der Waals surface area contributed by atoms with Gasteiger partial charge in [0, 0.05) is 18.5 Å². The first kappa shape index (κ1) is 11.3. The van der Waals surface area contributed by atoms with Crippen molar-refractivity contribution in [2.45, 2.75) is 39.7 Å². The molecule has 0 bridgehead atoms. The number of hydrogen-bond donors (Lipinski definition) is 1. The van der Waals surface area contributed by atoms with Gasteiger partial charge in [-0.3, -0.25) is 0 Å². The van der Waals surface area contributed by atoms with Gasteiger partial charge in [0.2, 0.25) is 0 Å². The Labute approximate surface area is 96.4 Å². The van der Waals surface area contributed by atoms with Crippen LogP contribution in [-0.2, 0) is 17.8 Å². The minimum absolute atomic E-state index is 0.408. The van der Waals surface area contributed by atoms with Crippen LogP contribution in [0.2, 0.25) is 0 Å². The summed E-state index contributed by atoms with van der Waals surface area (Å²) in [4.78, 5) is 9.15. The molecule has 1 N–H and O–H groups in total. The summed E-state index contributed by atoms with van der Waals surface area (Å²) in [7, 11) is 0. The summed E-state index contributed by atoms with van der Waals surface area (Å²) in [5.41, 5.74) is 2.25. The Morgan fingerprint density at radius 3 is 2.88 bits per heavy atom. The van der Waals surface area contributed by atoms with Crippen LogP contribution in [0.1, 0.15) is 43.8 Å². The lowest BCUT2D eigenvalue weighted by Gasteiger charge is -2.15. The van der Waals surface area contributed by atoms with Crippen molar-refractivity contribution in [2.24, 2.45) is 0 Å². The Balaban J connectivity index is 2.49. The normalized spacial score (nSPS) is 15.5. The molecule has 0 fully saturated rings. The smallest absolute Gasteiger partial charge is 0.135 e. The van der Waals surface area contributed by atoms with E-state index in [1.807, 2.05) is 0 Å². The second-order valence-corrected chi connectivity index (χ2v) is 4.34. The number of nitrogens with zero attached hydrogens (tertiary/aromatic N) is 2. The summed E-state index contributed by atoms with van der Waals surface area (Å²) >= 11 is 0. The summed E-state index contributed by atoms with van der Waals surface area (Å²) in [6, 6.07) is 0. The lowest BCUT2D eigenvalue weighted by atomic mass is 10.0. The van der Waals surface area contributed by atoms with Crippen LogP contribution in [0.25, 0.3) is 0 Å². The molecule has 1 aliphatic heterocycles. The van der Waals surface area contributed by atoms with Crippen LogP contribution in [0, 0.1) is 0 Å². The SMILES string of the molecule is CCc1nc2c(c(C(C)C)n1)COCCN2. The van der Waals surface area contributed by atoms with Crippen molar-refractivity contribution in [2.75, 3.05) is 18.5 Å². The lowest BCUT2D eigenvalue weighted by molar-refractivity contribution is 0.133. The minimum Gasteiger partial charge on any atom is -0.375 e. The van der Waals surface area contributed by atoms with E-state index in [2.05, 4.69) is 36.1 Å². The van der Waals surface area contributed by atoms with Gasteiger partial charge in [-0.1, -0.05) is 20.8 Å². The van der Waals surface area contributed by atoms with Gasteiger partial charge < -0.3 is 10.1 Å². The van der Waals surface area contributed by atoms with E-state index in [9.17, 15) is 0 Å². The molecule has 4 nitrogen and oxygen atoms in total. The molecule has 16 heavy (non-hydrogen) atoms. The topological polar surface area (TPSA) is 47.0 Å². The maximum Gasteiger partial charge on any atom is 0.135 e. The molecule has 1 aromatic heterocycles. The first-order chi connectivity index (χ1) is 7.72. The number of rotatable bonds is 2. The molecule has 0 saturated carbocycles. The van der Waals surface area contributed by atoms with Gasteiger partial charge in [-0.05, 0) is 5.92 Å². The van der Waals surface area contributed by atoms with Crippen LogP contribution in [0.15, 0.2) is 0 Å². The summed E-state index contributed by atoms with van der Waals surface area (Å²) in [5, 5.41) is 3.32. The summed E-state index contributed by atoms with van der Waals surface area (Å²) in [6.45, 7) is 8.58. The van der Waals surface area contributed by atoms with Crippen LogP contribution in [0.4, 0.5) is 5.82 Å². The van der Waals surface area contributed by atoms with Gasteiger partial charge in [-0.15, -0.1) is 0 Å². The molecule has 0 aromatic carbocycles. The number of fused-ring (bicyclic) bond motifs is 1. The van der Waals surface area contributed by atoms with Crippen molar-refractivity contribution in [3.05, 3.63) is 17.1 Å². The van der Waals surface area contributed by atoms with Gasteiger partial charge >= 0.3 is 0 Å². The number of nitrogens with one attached hydrogen (secondary N) is 1. The minimum atomic E-state index is 0.408. The number of hydrogen-bond acceptors (Lipinski definition) is 4. The number of aryl methyl sites for hydroxylation is 1. The highest BCUT2D eigenvalue weighted by Gasteiger charge is 2.18. The number of aromatic nitrogens is 2. The molecule has 4 heteroatoms. The summed E-state index contributed by atoms with van der Waals surface area (Å²) in [5.74, 6) is 2.29. The molecular formula is C12H19N3O. The fraction of sp³-hybridized carbons (Fsp3) is 0.667. The van der Waals surface area contributed by atoms with Crippen LogP contribution >= 0.6 is 0 Å². The number of anilines is 1. The largest absolute Gasteiger partial charge is 0.375 e. The van der Waals surface area contributed by atoms with Gasteiger partial charge in [-0.25, -0.2) is 9.97 Å². The highest BCUT2D eigenvalue weighted by Crippen LogP contribution is 2.25. The van der Waals surface area contributed by atoms with Crippen LogP contribution < -0.4 is 5.32 Å². The molecule has 1 aliphatic rings. The van der Waals surface area contributed by atoms with E-state index in [4.69, 9.17) is 4.74 Å². The predicted molar refractivity (Wildman–Crippen MR) is 63.6 cm³/mol. The van der Waals surface area contributed by atoms with E-state index in [0.29, 0.717) is 12.5 Å². The number of ether oxygens (including phenoxy) is 1. The fourth-order valence-electron chi connectivity index (χ4n) is 1.89. The average Bonchev–Trinajstić information content (AvgIpc) is 2.52. The van der Waals surface area contributed by atoms with Gasteiger partial charge in [0.25, 0.3) is 0 Å². The Morgan fingerprint density at radius 1 is 1.38 bits per heavy atom. The van der Waals surface area contributed by atoms with E-state index in [1.165, 1.54) is 0 Å². The first-order valence-corrected chi connectivity index (χ1v) is 5.93. The molecule has 0 saturated heterocycles. The van der Waals surface area contributed by atoms with Gasteiger partial charge in [-0.2, -0.15) is 0 Å². The van der Waals surface area contributed by atoms with Crippen molar-refractivity contribution in [3.63, 3.8) is 0 Å². The molecule has 88 valence electrons. The van der Waals surface area contributed by atoms with Crippen molar-refractivity contribution < 1.29 is 4.74 Å². The van der Waals surface area contributed by atoms with Gasteiger partial charge in [0.1, 0.15) is 11.6 Å². The average molecular weight is 221 g/mol. The highest BCUT2D eigenvalue weighted by molar-refractivity contribution is 5.48. The Morgan fingerprint density at radius 2 is 2.19 bits per heavy atom. The quantitative estimate of drug-likeness (QED) is 0.830. The molecule has 0 unspecified atom stereocenters. The molecule has 2 heterocycles. The molecular weight excluding hydrogens is 202 g/mol. The van der Waals surface area contributed by atoms with Gasteiger partial charge in [0.05, 0.1) is 18.9 Å². The van der Waals surface area contributed by atoms with E-state index in [1.54, 1.807) is 0 Å². The summed E-state index contributed by atoms with van der Waals surface area (Å²) < 4.78 is 5.54. The second kappa shape index (κ2) is 4.78. The zero-order valence-corrected chi connectivity index (χ0v) is 10.2. The van der Waals surface area contributed by atoms with Crippen molar-refractivity contribution in [3.8, 4) is 0 Å². The van der Waals surface area contributed by atoms with Gasteiger partial charge in [0.15, 0.2) is 0 Å². The van der Waals surface area contributed by atoms with E-state index >= 15 is 0 Å². The third-order valence-electron chi connectivity index (χ3n) is 2.73. The molecule has 0 amide bonds. The zero-order chi connectivity index (χ0) is 11.5. The molecule has 0 spiro atoms. The predicted octanol–water partition coefficient (Wildman–Crippen LogP) is 2.10. The zero-order valence-electron chi connectivity index (χ0n) is 10.2. The molecule has 1 aromatic rings. The molecule has 2 rings (SSSR count). The maximum absolute atomic E-state index is 5.54. The van der Waals surface area contributed by atoms with Crippen molar-refractivity contribution in [1.82, 2.24) is 9.97 Å². The Bertz CT molecular complexity index is 377. The summed E-state index contributed by atoms with van der Waals surface area (Å²) in [6.07, 6.45) is 0.871. The fourth-order valence-corrected chi connectivity index (χ4v) is 1.89. The second-order valence-electron chi connectivity index (χ2n) is 4.34. The van der Waals surface area contributed by atoms with E-state index in [-0.39, 0.29) is 0 Å². The van der Waals surface area contributed by atoms with Crippen molar-refractivity contribution in [1.29, 1.82) is 0 Å². The van der Waals surface area contributed by atoms with E-state index in [0.717, 1.165) is 42.5 Å². The molecule has 0 radical (unpaired) electrons. The first-order valence-electron chi connectivity index (χ1n) is 5.93. The van der Waals surface area contributed by atoms with Crippen LogP contribution in [0.5, 0.6) is 0 Å². The Hall–Kier alpha value is -1.16. The third kappa shape index (κ3) is 2.16. The standard InChI is InChI=1S/C12H19N3O/c1-4-10-14-11(8(2)3)9-7-16-6-5-13-12(9)15-10/h8H,4-7H2,1-3H3,(H,13,14,15). The van der Waals surface area contributed by atoms with Crippen LogP contribution in [-0.4, -0.2) is 23.1 Å².